The molecule has 4 nitrogen and oxygen atoms in total. The number of piperazine rings is 1. The SMILES string of the molecule is CCNC(C)c1ccc(N2CCNC(=O)C2)c(Cl)c1. The van der Waals surface area contributed by atoms with Gasteiger partial charge in [-0.05, 0) is 31.2 Å². The van der Waals surface area contributed by atoms with E-state index in [0.717, 1.165) is 24.3 Å². The van der Waals surface area contributed by atoms with Crippen molar-refractivity contribution < 1.29 is 4.79 Å². The highest BCUT2D eigenvalue weighted by Crippen LogP contribution is 2.29. The highest BCUT2D eigenvalue weighted by Gasteiger charge is 2.19. The molecule has 2 N–H and O–H groups in total. The molecule has 1 aliphatic heterocycles. The summed E-state index contributed by atoms with van der Waals surface area (Å²) in [5.74, 6) is 0.0485. The van der Waals surface area contributed by atoms with E-state index in [2.05, 4.69) is 30.5 Å². The van der Waals surface area contributed by atoms with Crippen LogP contribution in [-0.4, -0.2) is 32.1 Å². The third-order valence-electron chi connectivity index (χ3n) is 3.36. The molecule has 0 spiro atoms. The van der Waals surface area contributed by atoms with Crippen LogP contribution in [-0.2, 0) is 4.79 Å². The number of benzene rings is 1. The van der Waals surface area contributed by atoms with Crippen LogP contribution in [0, 0.1) is 0 Å². The third-order valence-corrected chi connectivity index (χ3v) is 3.66. The zero-order valence-corrected chi connectivity index (χ0v) is 12.1. The van der Waals surface area contributed by atoms with Gasteiger partial charge >= 0.3 is 0 Å². The van der Waals surface area contributed by atoms with Crippen LogP contribution in [0.1, 0.15) is 25.5 Å². The first kappa shape index (κ1) is 14.2. The topological polar surface area (TPSA) is 44.4 Å². The summed E-state index contributed by atoms with van der Waals surface area (Å²) in [4.78, 5) is 13.4. The molecule has 0 aliphatic carbocycles. The molecule has 5 heteroatoms. The van der Waals surface area contributed by atoms with Gasteiger partial charge in [-0.2, -0.15) is 0 Å². The molecule has 19 heavy (non-hydrogen) atoms. The van der Waals surface area contributed by atoms with Crippen molar-refractivity contribution >= 4 is 23.2 Å². The molecular formula is C14H20ClN3O. The van der Waals surface area contributed by atoms with Gasteiger partial charge in [0, 0.05) is 19.1 Å². The third kappa shape index (κ3) is 3.39. The van der Waals surface area contributed by atoms with E-state index in [1.54, 1.807) is 0 Å². The zero-order valence-electron chi connectivity index (χ0n) is 11.4. The summed E-state index contributed by atoms with van der Waals surface area (Å²) in [6.07, 6.45) is 0. The van der Waals surface area contributed by atoms with Gasteiger partial charge in [-0.1, -0.05) is 24.6 Å². The van der Waals surface area contributed by atoms with Gasteiger partial charge in [0.15, 0.2) is 0 Å². The van der Waals surface area contributed by atoms with Crippen molar-refractivity contribution in [2.45, 2.75) is 19.9 Å². The second kappa shape index (κ2) is 6.26. The maximum Gasteiger partial charge on any atom is 0.239 e. The molecule has 0 saturated carbocycles. The van der Waals surface area contributed by atoms with Crippen LogP contribution in [0.2, 0.25) is 5.02 Å². The minimum atomic E-state index is 0.0485. The molecule has 1 aliphatic rings. The highest BCUT2D eigenvalue weighted by atomic mass is 35.5. The molecule has 1 amide bonds. The predicted octanol–water partition coefficient (Wildman–Crippen LogP) is 1.95. The molecule has 2 rings (SSSR count). The lowest BCUT2D eigenvalue weighted by Crippen LogP contribution is -2.47. The zero-order chi connectivity index (χ0) is 13.8. The van der Waals surface area contributed by atoms with Gasteiger partial charge in [0.2, 0.25) is 5.91 Å². The number of rotatable bonds is 4. The number of hydrogen-bond acceptors (Lipinski definition) is 3. The lowest BCUT2D eigenvalue weighted by molar-refractivity contribution is -0.120. The lowest BCUT2D eigenvalue weighted by atomic mass is 10.1. The predicted molar refractivity (Wildman–Crippen MR) is 78.8 cm³/mol. The van der Waals surface area contributed by atoms with Crippen LogP contribution < -0.4 is 15.5 Å². The molecule has 1 aromatic carbocycles. The maximum absolute atomic E-state index is 11.4. The monoisotopic (exact) mass is 281 g/mol. The Morgan fingerprint density at radius 3 is 2.95 bits per heavy atom. The number of hydrogen-bond donors (Lipinski definition) is 2. The minimum Gasteiger partial charge on any atom is -0.359 e. The lowest BCUT2D eigenvalue weighted by Gasteiger charge is -2.29. The van der Waals surface area contributed by atoms with E-state index in [9.17, 15) is 4.79 Å². The number of nitrogens with one attached hydrogen (secondary N) is 2. The van der Waals surface area contributed by atoms with Gasteiger partial charge in [0.1, 0.15) is 0 Å². The number of carbonyl (C=O) groups excluding carboxylic acids is 1. The maximum atomic E-state index is 11.4. The molecule has 1 aromatic rings. The smallest absolute Gasteiger partial charge is 0.239 e. The Hall–Kier alpha value is -1.26. The van der Waals surface area contributed by atoms with Crippen molar-refractivity contribution in [3.63, 3.8) is 0 Å². The van der Waals surface area contributed by atoms with Crippen molar-refractivity contribution in [2.75, 3.05) is 31.1 Å². The summed E-state index contributed by atoms with van der Waals surface area (Å²) in [6, 6.07) is 6.34. The van der Waals surface area contributed by atoms with Crippen molar-refractivity contribution in [3.05, 3.63) is 28.8 Å². The molecule has 1 heterocycles. The first-order valence-corrected chi connectivity index (χ1v) is 7.04. The normalized spacial score (nSPS) is 17.2. The second-order valence-electron chi connectivity index (χ2n) is 4.76. The van der Waals surface area contributed by atoms with Crippen LogP contribution in [0.15, 0.2) is 18.2 Å². The molecule has 0 radical (unpaired) electrons. The molecular weight excluding hydrogens is 262 g/mol. The quantitative estimate of drug-likeness (QED) is 0.887. The largest absolute Gasteiger partial charge is 0.359 e. The van der Waals surface area contributed by atoms with Crippen LogP contribution in [0.5, 0.6) is 0 Å². The molecule has 1 saturated heterocycles. The summed E-state index contributed by atoms with van der Waals surface area (Å²) in [6.45, 7) is 6.97. The van der Waals surface area contributed by atoms with E-state index in [4.69, 9.17) is 11.6 Å². The van der Waals surface area contributed by atoms with Crippen molar-refractivity contribution in [1.29, 1.82) is 0 Å². The standard InChI is InChI=1S/C14H20ClN3O/c1-3-16-10(2)11-4-5-13(12(15)8-11)18-7-6-17-14(19)9-18/h4-5,8,10,16H,3,6-7,9H2,1-2H3,(H,17,19). The highest BCUT2D eigenvalue weighted by molar-refractivity contribution is 6.33. The van der Waals surface area contributed by atoms with Crippen LogP contribution in [0.4, 0.5) is 5.69 Å². The Labute approximate surface area is 119 Å². The molecule has 0 bridgehead atoms. The average molecular weight is 282 g/mol. The molecule has 104 valence electrons. The molecule has 0 aromatic heterocycles. The minimum absolute atomic E-state index is 0.0485. The van der Waals surface area contributed by atoms with E-state index in [1.165, 1.54) is 0 Å². The fraction of sp³-hybridized carbons (Fsp3) is 0.500. The Balaban J connectivity index is 2.16. The first-order valence-electron chi connectivity index (χ1n) is 6.66. The van der Waals surface area contributed by atoms with Gasteiger partial charge in [0.05, 0.1) is 17.3 Å². The van der Waals surface area contributed by atoms with Gasteiger partial charge in [-0.25, -0.2) is 0 Å². The molecule has 1 fully saturated rings. The van der Waals surface area contributed by atoms with Crippen LogP contribution in [0.25, 0.3) is 0 Å². The summed E-state index contributed by atoms with van der Waals surface area (Å²) in [5.41, 5.74) is 2.10. The number of carbonyl (C=O) groups is 1. The van der Waals surface area contributed by atoms with E-state index >= 15 is 0 Å². The van der Waals surface area contributed by atoms with Crippen molar-refractivity contribution in [1.82, 2.24) is 10.6 Å². The number of anilines is 1. The molecule has 1 unspecified atom stereocenters. The van der Waals surface area contributed by atoms with E-state index in [1.807, 2.05) is 17.0 Å². The fourth-order valence-corrected chi connectivity index (χ4v) is 2.63. The Kier molecular flexibility index (Phi) is 4.66. The van der Waals surface area contributed by atoms with Gasteiger partial charge < -0.3 is 15.5 Å². The van der Waals surface area contributed by atoms with E-state index in [0.29, 0.717) is 18.1 Å². The van der Waals surface area contributed by atoms with Gasteiger partial charge in [-0.3, -0.25) is 4.79 Å². The summed E-state index contributed by atoms with van der Waals surface area (Å²) < 4.78 is 0. The van der Waals surface area contributed by atoms with Crippen LogP contribution in [0.3, 0.4) is 0 Å². The van der Waals surface area contributed by atoms with E-state index in [-0.39, 0.29) is 11.9 Å². The number of nitrogens with zero attached hydrogens (tertiary/aromatic N) is 1. The summed E-state index contributed by atoms with van der Waals surface area (Å²) >= 11 is 6.35. The van der Waals surface area contributed by atoms with Gasteiger partial charge in [-0.15, -0.1) is 0 Å². The summed E-state index contributed by atoms with van der Waals surface area (Å²) in [7, 11) is 0. The fourth-order valence-electron chi connectivity index (χ4n) is 2.32. The Morgan fingerprint density at radius 1 is 1.53 bits per heavy atom. The number of amides is 1. The van der Waals surface area contributed by atoms with Crippen molar-refractivity contribution in [2.24, 2.45) is 0 Å². The number of halogens is 1. The van der Waals surface area contributed by atoms with Gasteiger partial charge in [0.25, 0.3) is 0 Å². The van der Waals surface area contributed by atoms with E-state index < -0.39 is 0 Å². The van der Waals surface area contributed by atoms with Crippen molar-refractivity contribution in [3.8, 4) is 0 Å². The average Bonchev–Trinajstić information content (AvgIpc) is 2.38. The first-order chi connectivity index (χ1) is 9.11. The Bertz CT molecular complexity index is 464. The molecule has 1 atom stereocenters. The Morgan fingerprint density at radius 2 is 2.32 bits per heavy atom. The second-order valence-corrected chi connectivity index (χ2v) is 5.17. The van der Waals surface area contributed by atoms with Crippen LogP contribution >= 0.6 is 11.6 Å². The summed E-state index contributed by atoms with van der Waals surface area (Å²) in [5, 5.41) is 6.88.